The maximum atomic E-state index is 12.1. The summed E-state index contributed by atoms with van der Waals surface area (Å²) in [5, 5.41) is 3.39. The average molecular weight is 400 g/mol. The first kappa shape index (κ1) is 18.8. The van der Waals surface area contributed by atoms with Gasteiger partial charge in [-0.15, -0.1) is 0 Å². The minimum absolute atomic E-state index is 0.153. The molecule has 2 heterocycles. The molecule has 2 aromatic rings. The highest BCUT2D eigenvalue weighted by atomic mass is 35.5. The van der Waals surface area contributed by atoms with Crippen molar-refractivity contribution in [3.05, 3.63) is 64.2 Å². The molecule has 0 aliphatic carbocycles. The van der Waals surface area contributed by atoms with Gasteiger partial charge in [-0.1, -0.05) is 35.9 Å². The number of hydrogen-bond acceptors (Lipinski definition) is 3. The summed E-state index contributed by atoms with van der Waals surface area (Å²) in [5.74, 6) is 1.00. The monoisotopic (exact) mass is 399 g/mol. The molecule has 2 aromatic carbocycles. The van der Waals surface area contributed by atoms with E-state index in [2.05, 4.69) is 29.6 Å². The molecule has 5 nitrogen and oxygen atoms in total. The van der Waals surface area contributed by atoms with Crippen LogP contribution in [0.2, 0.25) is 5.02 Å². The molecule has 0 aromatic heterocycles. The first-order chi connectivity index (χ1) is 13.7. The van der Waals surface area contributed by atoms with Gasteiger partial charge in [0.15, 0.2) is 11.5 Å². The van der Waals surface area contributed by atoms with Crippen molar-refractivity contribution in [1.82, 2.24) is 5.32 Å². The van der Waals surface area contributed by atoms with Crippen LogP contribution in [-0.4, -0.2) is 25.8 Å². The van der Waals surface area contributed by atoms with Crippen LogP contribution in [0.25, 0.3) is 6.08 Å². The molecule has 0 spiro atoms. The number of fused-ring (bicyclic) bond motifs is 1. The second kappa shape index (κ2) is 8.67. The first-order valence-corrected chi connectivity index (χ1v) is 10.0. The smallest absolute Gasteiger partial charge is 0.244 e. The van der Waals surface area contributed by atoms with Crippen molar-refractivity contribution in [2.24, 2.45) is 0 Å². The highest BCUT2D eigenvalue weighted by Gasteiger charge is 2.17. The van der Waals surface area contributed by atoms with E-state index in [1.807, 2.05) is 0 Å². The number of carbonyl (C=O) groups is 1. The molecule has 2 N–H and O–H groups in total. The Balaban J connectivity index is 1.28. The van der Waals surface area contributed by atoms with Crippen molar-refractivity contribution < 1.29 is 19.2 Å². The summed E-state index contributed by atoms with van der Waals surface area (Å²) in [7, 11) is 0. The van der Waals surface area contributed by atoms with E-state index in [1.165, 1.54) is 37.6 Å². The predicted octanol–water partition coefficient (Wildman–Crippen LogP) is 2.58. The van der Waals surface area contributed by atoms with Crippen molar-refractivity contribution in [3.8, 4) is 11.5 Å². The molecule has 0 atom stereocenters. The largest absolute Gasteiger partial charge is 0.454 e. The number of benzene rings is 2. The average Bonchev–Trinajstić information content (AvgIpc) is 3.38. The number of carbonyl (C=O) groups excluding carboxylic acids is 1. The lowest BCUT2D eigenvalue weighted by Gasteiger charge is -2.12. The van der Waals surface area contributed by atoms with Gasteiger partial charge in [0.25, 0.3) is 0 Å². The van der Waals surface area contributed by atoms with E-state index in [4.69, 9.17) is 21.1 Å². The van der Waals surface area contributed by atoms with E-state index in [0.717, 1.165) is 17.7 Å². The number of likely N-dealkylation sites (tertiary alicyclic amines) is 1. The Kier molecular flexibility index (Phi) is 5.84. The SMILES string of the molecule is O=C(/C=C/c1cc(Cl)c2c(c1)OCO2)NCc1ccc(C[NH+]2CCCC2)cc1. The summed E-state index contributed by atoms with van der Waals surface area (Å²) in [5.41, 5.74) is 3.23. The van der Waals surface area contributed by atoms with Gasteiger partial charge in [-0.2, -0.15) is 0 Å². The molecule has 0 unspecified atom stereocenters. The van der Waals surface area contributed by atoms with Crippen molar-refractivity contribution in [2.75, 3.05) is 19.9 Å². The van der Waals surface area contributed by atoms with Gasteiger partial charge in [0.1, 0.15) is 6.54 Å². The van der Waals surface area contributed by atoms with Gasteiger partial charge in [0.05, 0.1) is 18.1 Å². The molecule has 146 valence electrons. The van der Waals surface area contributed by atoms with E-state index in [-0.39, 0.29) is 12.7 Å². The number of amides is 1. The van der Waals surface area contributed by atoms with Crippen LogP contribution in [0, 0.1) is 0 Å². The molecule has 1 fully saturated rings. The van der Waals surface area contributed by atoms with E-state index in [9.17, 15) is 4.79 Å². The zero-order valence-electron chi connectivity index (χ0n) is 15.7. The van der Waals surface area contributed by atoms with Crippen molar-refractivity contribution in [1.29, 1.82) is 0 Å². The van der Waals surface area contributed by atoms with Gasteiger partial charge in [-0.05, 0) is 29.3 Å². The quantitative estimate of drug-likeness (QED) is 0.734. The van der Waals surface area contributed by atoms with Gasteiger partial charge in [0.2, 0.25) is 12.7 Å². The number of quaternary nitrogens is 1. The third-order valence-corrected chi connectivity index (χ3v) is 5.41. The Morgan fingerprint density at radius 3 is 2.64 bits per heavy atom. The van der Waals surface area contributed by atoms with E-state index in [0.29, 0.717) is 23.1 Å². The zero-order chi connectivity index (χ0) is 19.3. The predicted molar refractivity (Wildman–Crippen MR) is 109 cm³/mol. The van der Waals surface area contributed by atoms with Crippen molar-refractivity contribution in [2.45, 2.75) is 25.9 Å². The number of halogens is 1. The van der Waals surface area contributed by atoms with Crippen LogP contribution in [0.1, 0.15) is 29.5 Å². The third kappa shape index (κ3) is 4.66. The molecule has 2 aliphatic heterocycles. The van der Waals surface area contributed by atoms with Crippen LogP contribution in [0.4, 0.5) is 0 Å². The fourth-order valence-electron chi connectivity index (χ4n) is 3.62. The molecule has 28 heavy (non-hydrogen) atoms. The maximum absolute atomic E-state index is 12.1. The molecule has 4 rings (SSSR count). The second-order valence-corrected chi connectivity index (χ2v) is 7.65. The summed E-state index contributed by atoms with van der Waals surface area (Å²) >= 11 is 6.16. The fourth-order valence-corrected chi connectivity index (χ4v) is 3.89. The lowest BCUT2D eigenvalue weighted by molar-refractivity contribution is -0.901. The number of nitrogens with one attached hydrogen (secondary N) is 2. The Morgan fingerprint density at radius 2 is 1.86 bits per heavy atom. The molecule has 2 aliphatic rings. The van der Waals surface area contributed by atoms with Crippen LogP contribution >= 0.6 is 11.6 Å². The molecule has 0 saturated carbocycles. The third-order valence-electron chi connectivity index (χ3n) is 5.13. The van der Waals surface area contributed by atoms with Crippen molar-refractivity contribution >= 4 is 23.6 Å². The summed E-state index contributed by atoms with van der Waals surface area (Å²) in [4.78, 5) is 13.8. The summed E-state index contributed by atoms with van der Waals surface area (Å²) in [6, 6.07) is 12.1. The zero-order valence-corrected chi connectivity index (χ0v) is 16.4. The lowest BCUT2D eigenvalue weighted by Crippen LogP contribution is -3.08. The summed E-state index contributed by atoms with van der Waals surface area (Å²) in [6.07, 6.45) is 5.89. The minimum atomic E-state index is -0.153. The van der Waals surface area contributed by atoms with Gasteiger partial charge in [0, 0.05) is 31.0 Å². The Labute approximate surface area is 169 Å². The number of hydrogen-bond donors (Lipinski definition) is 2. The highest BCUT2D eigenvalue weighted by molar-refractivity contribution is 6.32. The lowest BCUT2D eigenvalue weighted by atomic mass is 10.1. The summed E-state index contributed by atoms with van der Waals surface area (Å²) in [6.45, 7) is 4.31. The topological polar surface area (TPSA) is 52.0 Å². The highest BCUT2D eigenvalue weighted by Crippen LogP contribution is 2.40. The van der Waals surface area contributed by atoms with Crippen LogP contribution in [0.5, 0.6) is 11.5 Å². The maximum Gasteiger partial charge on any atom is 0.244 e. The number of rotatable bonds is 6. The summed E-state index contributed by atoms with van der Waals surface area (Å²) < 4.78 is 10.6. The van der Waals surface area contributed by atoms with Crippen LogP contribution in [0.15, 0.2) is 42.5 Å². The Hall–Kier alpha value is -2.50. The molecular weight excluding hydrogens is 376 g/mol. The first-order valence-electron chi connectivity index (χ1n) is 9.64. The van der Waals surface area contributed by atoms with Crippen molar-refractivity contribution in [3.63, 3.8) is 0 Å². The standard InChI is InChI=1S/C22H23ClN2O3/c23-19-11-18(12-20-22(19)28-15-27-20)7-8-21(26)24-13-16-3-5-17(6-4-16)14-25-9-1-2-10-25/h3-8,11-12H,1-2,9-10,13-15H2,(H,24,26)/p+1/b8-7+. The Bertz CT molecular complexity index is 874. The van der Waals surface area contributed by atoms with E-state index in [1.54, 1.807) is 23.1 Å². The van der Waals surface area contributed by atoms with Crippen LogP contribution in [-0.2, 0) is 17.9 Å². The number of ether oxygens (including phenoxy) is 2. The van der Waals surface area contributed by atoms with E-state index < -0.39 is 0 Å². The fraction of sp³-hybridized carbons (Fsp3) is 0.318. The molecule has 1 amide bonds. The molecule has 1 saturated heterocycles. The molecular formula is C22H24ClN2O3+. The van der Waals surface area contributed by atoms with Crippen LogP contribution < -0.4 is 19.7 Å². The Morgan fingerprint density at radius 1 is 1.11 bits per heavy atom. The second-order valence-electron chi connectivity index (χ2n) is 7.24. The van der Waals surface area contributed by atoms with Gasteiger partial charge >= 0.3 is 0 Å². The van der Waals surface area contributed by atoms with E-state index >= 15 is 0 Å². The molecule has 6 heteroatoms. The van der Waals surface area contributed by atoms with Crippen LogP contribution in [0.3, 0.4) is 0 Å². The van der Waals surface area contributed by atoms with Gasteiger partial charge in [-0.3, -0.25) is 4.79 Å². The molecule has 0 radical (unpaired) electrons. The van der Waals surface area contributed by atoms with Gasteiger partial charge in [-0.25, -0.2) is 0 Å². The normalized spacial score (nSPS) is 16.0. The minimum Gasteiger partial charge on any atom is -0.454 e. The van der Waals surface area contributed by atoms with Gasteiger partial charge < -0.3 is 19.7 Å². The molecule has 0 bridgehead atoms.